The average molecular weight is 417 g/mol. The summed E-state index contributed by atoms with van der Waals surface area (Å²) in [4.78, 5) is 26.6. The Labute approximate surface area is 156 Å². The predicted molar refractivity (Wildman–Crippen MR) is 99.4 cm³/mol. The summed E-state index contributed by atoms with van der Waals surface area (Å²) in [6, 6.07) is 13.4. The number of hydrogen-bond acceptors (Lipinski definition) is 4. The first-order chi connectivity index (χ1) is 12.5. The van der Waals surface area contributed by atoms with Gasteiger partial charge >= 0.3 is 11.1 Å². The van der Waals surface area contributed by atoms with E-state index in [1.165, 1.54) is 21.4 Å². The lowest BCUT2D eigenvalue weighted by Crippen LogP contribution is -2.42. The molecule has 0 radical (unpaired) electrons. The molecular formula is C18H14BrFN4O2. The van der Waals surface area contributed by atoms with E-state index in [4.69, 9.17) is 0 Å². The van der Waals surface area contributed by atoms with Gasteiger partial charge in [0.15, 0.2) is 0 Å². The molecule has 0 spiro atoms. The van der Waals surface area contributed by atoms with Crippen LogP contribution < -0.4 is 16.0 Å². The number of aromatic nitrogens is 3. The molecule has 0 aliphatic carbocycles. The van der Waals surface area contributed by atoms with Crippen molar-refractivity contribution >= 4 is 27.6 Å². The van der Waals surface area contributed by atoms with Crippen molar-refractivity contribution in [3.05, 3.63) is 85.1 Å². The largest absolute Gasteiger partial charge is 0.333 e. The lowest BCUT2D eigenvalue weighted by Gasteiger charge is -2.18. The highest BCUT2D eigenvalue weighted by Gasteiger charge is 2.25. The molecule has 0 atom stereocenters. The van der Waals surface area contributed by atoms with Crippen molar-refractivity contribution in [3.8, 4) is 0 Å². The number of anilines is 2. The van der Waals surface area contributed by atoms with E-state index >= 15 is 0 Å². The molecule has 0 amide bonds. The first-order valence-corrected chi connectivity index (χ1v) is 8.82. The smallest absolute Gasteiger partial charge is 0.309 e. The maximum atomic E-state index is 13.2. The number of hydrogen-bond donors (Lipinski definition) is 0. The van der Waals surface area contributed by atoms with Gasteiger partial charge in [-0.2, -0.15) is 0 Å². The molecule has 1 aliphatic rings. The van der Waals surface area contributed by atoms with Gasteiger partial charge in [0.25, 0.3) is 0 Å². The fourth-order valence-corrected chi connectivity index (χ4v) is 3.23. The van der Waals surface area contributed by atoms with Gasteiger partial charge in [0.1, 0.15) is 5.82 Å². The molecule has 0 unspecified atom stereocenters. The molecule has 0 saturated carbocycles. The van der Waals surface area contributed by atoms with Crippen molar-refractivity contribution in [3.63, 3.8) is 0 Å². The molecule has 0 fully saturated rings. The van der Waals surface area contributed by atoms with Crippen LogP contribution >= 0.6 is 15.9 Å². The average Bonchev–Trinajstić information content (AvgIpc) is 3.06. The molecule has 0 N–H and O–H groups in total. The molecule has 26 heavy (non-hydrogen) atoms. The van der Waals surface area contributed by atoms with Gasteiger partial charge in [0.2, 0.25) is 5.95 Å². The van der Waals surface area contributed by atoms with Crippen LogP contribution in [0, 0.1) is 5.82 Å². The van der Waals surface area contributed by atoms with E-state index in [9.17, 15) is 14.0 Å². The van der Waals surface area contributed by atoms with Gasteiger partial charge in [-0.1, -0.05) is 28.1 Å². The Balaban J connectivity index is 1.76. The fourth-order valence-electron chi connectivity index (χ4n) is 2.96. The molecule has 0 bridgehead atoms. The first-order valence-electron chi connectivity index (χ1n) is 8.02. The van der Waals surface area contributed by atoms with Crippen LogP contribution in [-0.2, 0) is 13.1 Å². The van der Waals surface area contributed by atoms with Crippen LogP contribution in [0.15, 0.2) is 62.6 Å². The molecule has 132 valence electrons. The van der Waals surface area contributed by atoms with E-state index in [1.54, 1.807) is 17.0 Å². The minimum Gasteiger partial charge on any atom is -0.309 e. The second-order valence-corrected chi connectivity index (χ2v) is 6.89. The summed E-state index contributed by atoms with van der Waals surface area (Å²) in [5.74, 6) is 0.0526. The lowest BCUT2D eigenvalue weighted by atomic mass is 10.2. The van der Waals surface area contributed by atoms with Gasteiger partial charge in [-0.05, 0) is 42.0 Å². The second-order valence-electron chi connectivity index (χ2n) is 5.97. The Hall–Kier alpha value is -2.74. The van der Waals surface area contributed by atoms with Gasteiger partial charge in [0, 0.05) is 23.2 Å². The van der Waals surface area contributed by atoms with Crippen molar-refractivity contribution in [2.24, 2.45) is 0 Å². The molecule has 8 heteroatoms. The van der Waals surface area contributed by atoms with Crippen molar-refractivity contribution in [1.82, 2.24) is 14.3 Å². The van der Waals surface area contributed by atoms with Crippen LogP contribution in [-0.4, -0.2) is 20.9 Å². The monoisotopic (exact) mass is 416 g/mol. The fraction of sp³-hybridized carbons (Fsp3) is 0.167. The molecule has 1 aromatic heterocycles. The number of benzene rings is 2. The van der Waals surface area contributed by atoms with Crippen LogP contribution in [0.1, 0.15) is 5.56 Å². The third kappa shape index (κ3) is 2.96. The van der Waals surface area contributed by atoms with Gasteiger partial charge < -0.3 is 4.90 Å². The highest BCUT2D eigenvalue weighted by atomic mass is 79.9. The number of nitrogens with zero attached hydrogens (tertiary/aromatic N) is 4. The van der Waals surface area contributed by atoms with Crippen LogP contribution in [0.3, 0.4) is 0 Å². The van der Waals surface area contributed by atoms with E-state index in [0.29, 0.717) is 19.0 Å². The highest BCUT2D eigenvalue weighted by Crippen LogP contribution is 2.26. The molecular weight excluding hydrogens is 403 g/mol. The van der Waals surface area contributed by atoms with Crippen LogP contribution in [0.4, 0.5) is 16.0 Å². The van der Waals surface area contributed by atoms with Crippen LogP contribution in [0.2, 0.25) is 0 Å². The summed E-state index contributed by atoms with van der Waals surface area (Å²) >= 11 is 3.37. The standard InChI is InChI=1S/C18H14BrFN4O2/c19-13-3-1-12(2-4-13)11-24-17(26)16(25)23-10-9-22(18(23)21-24)15-7-5-14(20)6-8-15/h1-8H,9-11H2. The molecule has 2 heterocycles. The van der Waals surface area contributed by atoms with E-state index in [0.717, 1.165) is 15.7 Å². The first kappa shape index (κ1) is 16.7. The van der Waals surface area contributed by atoms with Gasteiger partial charge in [-0.3, -0.25) is 14.2 Å². The molecule has 4 rings (SSSR count). The van der Waals surface area contributed by atoms with Crippen molar-refractivity contribution < 1.29 is 4.39 Å². The minimum absolute atomic E-state index is 0.201. The summed E-state index contributed by atoms with van der Waals surface area (Å²) in [5.41, 5.74) is 0.325. The Bertz CT molecular complexity index is 1070. The molecule has 3 aromatic rings. The number of halogens is 2. The Kier molecular flexibility index (Phi) is 4.20. The summed E-state index contributed by atoms with van der Waals surface area (Å²) < 4.78 is 16.7. The lowest BCUT2D eigenvalue weighted by molar-refractivity contribution is 0.591. The zero-order valence-corrected chi connectivity index (χ0v) is 15.2. The quantitative estimate of drug-likeness (QED) is 0.615. The SMILES string of the molecule is O=c1c(=O)n2c(nn1Cc1ccc(Br)cc1)N(c1ccc(F)cc1)CC2. The third-order valence-corrected chi connectivity index (χ3v) is 4.82. The van der Waals surface area contributed by atoms with E-state index < -0.39 is 11.1 Å². The zero-order chi connectivity index (χ0) is 18.3. The molecule has 0 saturated heterocycles. The summed E-state index contributed by atoms with van der Waals surface area (Å²) in [6.07, 6.45) is 0. The van der Waals surface area contributed by atoms with Gasteiger partial charge in [0.05, 0.1) is 6.54 Å². The summed E-state index contributed by atoms with van der Waals surface area (Å²) in [6.45, 7) is 1.06. The topological polar surface area (TPSA) is 60.1 Å². The normalized spacial score (nSPS) is 13.1. The van der Waals surface area contributed by atoms with Crippen LogP contribution in [0.25, 0.3) is 0 Å². The predicted octanol–water partition coefficient (Wildman–Crippen LogP) is 2.51. The van der Waals surface area contributed by atoms with Crippen molar-refractivity contribution in [2.75, 3.05) is 11.4 Å². The third-order valence-electron chi connectivity index (χ3n) is 4.29. The summed E-state index contributed by atoms with van der Waals surface area (Å²) in [5, 5.41) is 4.40. The van der Waals surface area contributed by atoms with E-state index in [-0.39, 0.29) is 12.4 Å². The number of rotatable bonds is 3. The Morgan fingerprint density at radius 3 is 2.35 bits per heavy atom. The zero-order valence-electron chi connectivity index (χ0n) is 13.6. The van der Waals surface area contributed by atoms with Crippen LogP contribution in [0.5, 0.6) is 0 Å². The van der Waals surface area contributed by atoms with E-state index in [1.807, 2.05) is 24.3 Å². The Morgan fingerprint density at radius 2 is 1.65 bits per heavy atom. The highest BCUT2D eigenvalue weighted by molar-refractivity contribution is 9.10. The van der Waals surface area contributed by atoms with Crippen molar-refractivity contribution in [2.45, 2.75) is 13.1 Å². The maximum Gasteiger partial charge on any atom is 0.333 e. The molecule has 1 aliphatic heterocycles. The molecule has 2 aromatic carbocycles. The van der Waals surface area contributed by atoms with Crippen molar-refractivity contribution in [1.29, 1.82) is 0 Å². The van der Waals surface area contributed by atoms with Gasteiger partial charge in [-0.25, -0.2) is 9.07 Å². The molecule has 6 nitrogen and oxygen atoms in total. The minimum atomic E-state index is -0.655. The second kappa shape index (κ2) is 6.53. The maximum absolute atomic E-state index is 13.2. The van der Waals surface area contributed by atoms with E-state index in [2.05, 4.69) is 21.0 Å². The summed E-state index contributed by atoms with van der Waals surface area (Å²) in [7, 11) is 0. The van der Waals surface area contributed by atoms with Gasteiger partial charge in [-0.15, -0.1) is 5.10 Å². The Morgan fingerprint density at radius 1 is 0.962 bits per heavy atom. The number of fused-ring (bicyclic) bond motifs is 1.